The minimum Gasteiger partial charge on any atom is -0.490 e. The topological polar surface area (TPSA) is 21.3 Å². The zero-order chi connectivity index (χ0) is 13.4. The van der Waals surface area contributed by atoms with E-state index in [0.29, 0.717) is 12.0 Å². The van der Waals surface area contributed by atoms with Crippen LogP contribution in [0.4, 0.5) is 0 Å². The Bertz CT molecular complexity index is 336. The molecule has 1 N–H and O–H groups in total. The normalized spacial score (nSPS) is 12.7. The van der Waals surface area contributed by atoms with Crippen LogP contribution in [0.5, 0.6) is 5.75 Å². The number of hydrogen-bond acceptors (Lipinski definition) is 2. The molecule has 1 atom stereocenters. The summed E-state index contributed by atoms with van der Waals surface area (Å²) in [5, 5.41) is 3.47. The highest BCUT2D eigenvalue weighted by atomic mass is 16.5. The van der Waals surface area contributed by atoms with Crippen LogP contribution >= 0.6 is 0 Å². The molecule has 1 unspecified atom stereocenters. The van der Waals surface area contributed by atoms with Gasteiger partial charge in [-0.05, 0) is 31.9 Å². The second-order valence-corrected chi connectivity index (χ2v) is 5.35. The third-order valence-electron chi connectivity index (χ3n) is 2.86. The summed E-state index contributed by atoms with van der Waals surface area (Å²) in [7, 11) is 0. The minimum absolute atomic E-state index is 0.293. The summed E-state index contributed by atoms with van der Waals surface area (Å²) in [4.78, 5) is 0. The first-order chi connectivity index (χ1) is 8.63. The van der Waals surface area contributed by atoms with Gasteiger partial charge < -0.3 is 10.1 Å². The number of nitrogens with one attached hydrogen (secondary N) is 1. The third kappa shape index (κ3) is 5.54. The van der Waals surface area contributed by atoms with Gasteiger partial charge in [-0.15, -0.1) is 0 Å². The lowest BCUT2D eigenvalue weighted by molar-refractivity contribution is 0.207. The second-order valence-electron chi connectivity index (χ2n) is 5.35. The summed E-state index contributed by atoms with van der Waals surface area (Å²) in [6, 6.07) is 8.32. The first kappa shape index (κ1) is 15.0. The maximum atomic E-state index is 6.00. The number of benzene rings is 1. The van der Waals surface area contributed by atoms with Gasteiger partial charge in [-0.3, -0.25) is 0 Å². The molecule has 0 saturated heterocycles. The van der Waals surface area contributed by atoms with Crippen molar-refractivity contribution in [2.75, 3.05) is 6.54 Å². The lowest BCUT2D eigenvalue weighted by atomic mass is 10.1. The average molecular weight is 249 g/mol. The molecule has 1 aromatic carbocycles. The summed E-state index contributed by atoms with van der Waals surface area (Å²) in [6.07, 6.45) is 2.56. The summed E-state index contributed by atoms with van der Waals surface area (Å²) in [5.41, 5.74) is 1.25. The van der Waals surface area contributed by atoms with Crippen molar-refractivity contribution in [3.8, 4) is 5.75 Å². The molecule has 0 heterocycles. The van der Waals surface area contributed by atoms with Crippen molar-refractivity contribution in [2.45, 2.75) is 53.2 Å². The Morgan fingerprint density at radius 3 is 2.56 bits per heavy atom. The highest BCUT2D eigenvalue weighted by Crippen LogP contribution is 2.20. The Morgan fingerprint density at radius 1 is 1.17 bits per heavy atom. The van der Waals surface area contributed by atoms with Crippen LogP contribution in [0.15, 0.2) is 24.3 Å². The number of ether oxygens (including phenoxy) is 1. The molecule has 1 rings (SSSR count). The Balaban J connectivity index is 2.56. The van der Waals surface area contributed by atoms with Gasteiger partial charge in [0.15, 0.2) is 0 Å². The fourth-order valence-corrected chi connectivity index (χ4v) is 1.94. The molecular formula is C16H27NO. The van der Waals surface area contributed by atoms with Crippen molar-refractivity contribution in [3.05, 3.63) is 29.8 Å². The van der Waals surface area contributed by atoms with Gasteiger partial charge in [-0.2, -0.15) is 0 Å². The maximum absolute atomic E-state index is 6.00. The Hall–Kier alpha value is -1.02. The first-order valence-corrected chi connectivity index (χ1v) is 7.08. The van der Waals surface area contributed by atoms with Crippen LogP contribution in [0.3, 0.4) is 0 Å². The van der Waals surface area contributed by atoms with E-state index in [1.807, 2.05) is 6.07 Å². The van der Waals surface area contributed by atoms with Crippen LogP contribution in [0.1, 0.15) is 46.1 Å². The van der Waals surface area contributed by atoms with Crippen molar-refractivity contribution in [1.29, 1.82) is 0 Å². The standard InChI is InChI=1S/C16H27NO/c1-5-8-14(4)18-16-10-7-6-9-15(16)12-17-11-13(2)3/h6-7,9-10,13-14,17H,5,8,11-12H2,1-4H3. The average Bonchev–Trinajstić information content (AvgIpc) is 2.31. The van der Waals surface area contributed by atoms with E-state index in [0.717, 1.165) is 31.7 Å². The molecule has 0 fully saturated rings. The molecule has 2 nitrogen and oxygen atoms in total. The Labute approximate surface area is 112 Å². The molecule has 0 aliphatic heterocycles. The van der Waals surface area contributed by atoms with Gasteiger partial charge >= 0.3 is 0 Å². The predicted molar refractivity (Wildman–Crippen MR) is 78.0 cm³/mol. The molecule has 0 saturated carbocycles. The van der Waals surface area contributed by atoms with E-state index >= 15 is 0 Å². The van der Waals surface area contributed by atoms with Crippen LogP contribution in [0, 0.1) is 5.92 Å². The molecule has 2 heteroatoms. The number of hydrogen-bond donors (Lipinski definition) is 1. The van der Waals surface area contributed by atoms with E-state index in [1.165, 1.54) is 5.56 Å². The largest absolute Gasteiger partial charge is 0.490 e. The number of rotatable bonds is 8. The molecule has 0 bridgehead atoms. The number of para-hydroxylation sites is 1. The maximum Gasteiger partial charge on any atom is 0.124 e. The van der Waals surface area contributed by atoms with E-state index < -0.39 is 0 Å². The van der Waals surface area contributed by atoms with Gasteiger partial charge in [-0.25, -0.2) is 0 Å². The Kier molecular flexibility index (Phi) is 6.81. The smallest absolute Gasteiger partial charge is 0.124 e. The summed E-state index contributed by atoms with van der Waals surface area (Å²) in [5.74, 6) is 1.70. The third-order valence-corrected chi connectivity index (χ3v) is 2.86. The lowest BCUT2D eigenvalue weighted by Crippen LogP contribution is -2.20. The SMILES string of the molecule is CCCC(C)Oc1ccccc1CNCC(C)C. The molecule has 0 radical (unpaired) electrons. The van der Waals surface area contributed by atoms with Gasteiger partial charge in [0.05, 0.1) is 6.10 Å². The van der Waals surface area contributed by atoms with Gasteiger partial charge in [0.25, 0.3) is 0 Å². The summed E-state index contributed by atoms with van der Waals surface area (Å²) in [6.45, 7) is 10.7. The fraction of sp³-hybridized carbons (Fsp3) is 0.625. The van der Waals surface area contributed by atoms with Crippen LogP contribution < -0.4 is 10.1 Å². The molecule has 0 amide bonds. The zero-order valence-electron chi connectivity index (χ0n) is 12.2. The van der Waals surface area contributed by atoms with Crippen LogP contribution in [0.2, 0.25) is 0 Å². The van der Waals surface area contributed by atoms with Gasteiger partial charge in [0.2, 0.25) is 0 Å². The summed E-state index contributed by atoms with van der Waals surface area (Å²) < 4.78 is 6.00. The molecule has 0 aliphatic rings. The highest BCUT2D eigenvalue weighted by molar-refractivity contribution is 5.33. The molecule has 0 aliphatic carbocycles. The molecule has 102 valence electrons. The lowest BCUT2D eigenvalue weighted by Gasteiger charge is -2.17. The minimum atomic E-state index is 0.293. The van der Waals surface area contributed by atoms with Crippen molar-refractivity contribution in [3.63, 3.8) is 0 Å². The van der Waals surface area contributed by atoms with Crippen molar-refractivity contribution >= 4 is 0 Å². The second kappa shape index (κ2) is 8.15. The quantitative estimate of drug-likeness (QED) is 0.752. The van der Waals surface area contributed by atoms with E-state index in [-0.39, 0.29) is 0 Å². The van der Waals surface area contributed by atoms with Crippen molar-refractivity contribution < 1.29 is 4.74 Å². The molecule has 0 spiro atoms. The van der Waals surface area contributed by atoms with E-state index in [4.69, 9.17) is 4.74 Å². The van der Waals surface area contributed by atoms with Crippen LogP contribution in [-0.4, -0.2) is 12.6 Å². The van der Waals surface area contributed by atoms with Crippen LogP contribution in [-0.2, 0) is 6.54 Å². The first-order valence-electron chi connectivity index (χ1n) is 7.08. The van der Waals surface area contributed by atoms with Crippen molar-refractivity contribution in [1.82, 2.24) is 5.32 Å². The van der Waals surface area contributed by atoms with E-state index in [2.05, 4.69) is 51.2 Å². The Morgan fingerprint density at radius 2 is 1.89 bits per heavy atom. The van der Waals surface area contributed by atoms with E-state index in [1.54, 1.807) is 0 Å². The van der Waals surface area contributed by atoms with Crippen molar-refractivity contribution in [2.24, 2.45) is 5.92 Å². The van der Waals surface area contributed by atoms with Crippen LogP contribution in [0.25, 0.3) is 0 Å². The molecule has 0 aromatic heterocycles. The predicted octanol–water partition coefficient (Wildman–Crippen LogP) is 4.00. The van der Waals surface area contributed by atoms with Gasteiger partial charge in [-0.1, -0.05) is 45.4 Å². The fourth-order valence-electron chi connectivity index (χ4n) is 1.94. The van der Waals surface area contributed by atoms with E-state index in [9.17, 15) is 0 Å². The summed E-state index contributed by atoms with van der Waals surface area (Å²) >= 11 is 0. The molecule has 18 heavy (non-hydrogen) atoms. The molecule has 1 aromatic rings. The highest BCUT2D eigenvalue weighted by Gasteiger charge is 2.07. The monoisotopic (exact) mass is 249 g/mol. The van der Waals surface area contributed by atoms with Gasteiger partial charge in [0.1, 0.15) is 5.75 Å². The molecular weight excluding hydrogens is 222 g/mol. The zero-order valence-corrected chi connectivity index (χ0v) is 12.2. The van der Waals surface area contributed by atoms with Gasteiger partial charge in [0, 0.05) is 12.1 Å².